The number of hydrogen-bond donors (Lipinski definition) is 2. The molecule has 0 heterocycles. The lowest BCUT2D eigenvalue weighted by molar-refractivity contribution is 0.273. The van der Waals surface area contributed by atoms with Crippen molar-refractivity contribution in [3.05, 3.63) is 12.2 Å². The molecule has 15 heavy (non-hydrogen) atoms. The molecule has 0 rings (SSSR count). The molecule has 0 aromatic rings. The van der Waals surface area contributed by atoms with Crippen LogP contribution in [0.15, 0.2) is 12.2 Å². The van der Waals surface area contributed by atoms with Gasteiger partial charge in [-0.15, -0.1) is 0 Å². The van der Waals surface area contributed by atoms with Crippen molar-refractivity contribution in [2.75, 3.05) is 13.2 Å². The minimum Gasteiger partial charge on any atom is -0.284 e. The summed E-state index contributed by atoms with van der Waals surface area (Å²) in [6.07, 6.45) is 3.98. The second-order valence-electron chi connectivity index (χ2n) is 2.34. The SMILES string of the molecule is O=S(O)OCC/C=C/CCOS(=O)(=O)O. The zero-order chi connectivity index (χ0) is 11.7. The fourth-order valence-electron chi connectivity index (χ4n) is 0.645. The van der Waals surface area contributed by atoms with Crippen molar-refractivity contribution in [2.24, 2.45) is 0 Å². The molecule has 0 aromatic heterocycles. The Morgan fingerprint density at radius 3 is 2.20 bits per heavy atom. The van der Waals surface area contributed by atoms with Crippen LogP contribution in [-0.4, -0.2) is 34.9 Å². The van der Waals surface area contributed by atoms with Gasteiger partial charge in [0.05, 0.1) is 13.2 Å². The van der Waals surface area contributed by atoms with Crippen LogP contribution in [0.25, 0.3) is 0 Å². The Hall–Kier alpha value is -0.320. The normalized spacial score (nSPS) is 14.5. The molecule has 90 valence electrons. The molecule has 0 radical (unpaired) electrons. The van der Waals surface area contributed by atoms with E-state index in [9.17, 15) is 12.6 Å². The van der Waals surface area contributed by atoms with E-state index in [1.165, 1.54) is 0 Å². The van der Waals surface area contributed by atoms with Crippen molar-refractivity contribution in [1.29, 1.82) is 0 Å². The Bertz CT molecular complexity index is 307. The summed E-state index contributed by atoms with van der Waals surface area (Å²) in [7, 11) is -4.36. The number of rotatable bonds is 8. The van der Waals surface area contributed by atoms with Crippen molar-refractivity contribution in [3.8, 4) is 0 Å². The summed E-state index contributed by atoms with van der Waals surface area (Å²) in [6, 6.07) is 0. The molecule has 0 aliphatic rings. The molecule has 2 N–H and O–H groups in total. The average Bonchev–Trinajstić information content (AvgIpc) is 2.07. The van der Waals surface area contributed by atoms with Gasteiger partial charge in [0.15, 0.2) is 0 Å². The highest BCUT2D eigenvalue weighted by molar-refractivity contribution is 7.80. The zero-order valence-corrected chi connectivity index (χ0v) is 9.37. The fraction of sp³-hybridized carbons (Fsp3) is 0.667. The topological polar surface area (TPSA) is 110 Å². The van der Waals surface area contributed by atoms with Gasteiger partial charge in [0, 0.05) is 0 Å². The van der Waals surface area contributed by atoms with Gasteiger partial charge in [-0.1, -0.05) is 12.2 Å². The molecule has 0 saturated carbocycles. The Balaban J connectivity index is 3.36. The van der Waals surface area contributed by atoms with Gasteiger partial charge in [0.25, 0.3) is 0 Å². The van der Waals surface area contributed by atoms with Crippen molar-refractivity contribution in [1.82, 2.24) is 0 Å². The first-order valence-electron chi connectivity index (χ1n) is 3.93. The van der Waals surface area contributed by atoms with E-state index in [4.69, 9.17) is 9.11 Å². The molecule has 0 amide bonds. The summed E-state index contributed by atoms with van der Waals surface area (Å²) in [6.45, 7) is -0.0547. The smallest absolute Gasteiger partial charge is 0.284 e. The lowest BCUT2D eigenvalue weighted by Gasteiger charge is -1.95. The van der Waals surface area contributed by atoms with Crippen LogP contribution in [0.3, 0.4) is 0 Å². The first-order chi connectivity index (χ1) is 6.92. The maximum atomic E-state index is 10.1. The molecule has 0 bridgehead atoms. The fourth-order valence-corrected chi connectivity index (χ4v) is 1.19. The Morgan fingerprint density at radius 1 is 1.20 bits per heavy atom. The summed E-state index contributed by atoms with van der Waals surface area (Å²) < 4.78 is 54.8. The Labute approximate surface area is 90.5 Å². The molecular formula is C6H12O7S2. The van der Waals surface area contributed by atoms with Crippen molar-refractivity contribution < 1.29 is 30.1 Å². The first-order valence-corrected chi connectivity index (χ1v) is 6.32. The minimum atomic E-state index is -4.36. The largest absolute Gasteiger partial charge is 0.397 e. The van der Waals surface area contributed by atoms with Crippen LogP contribution in [0.4, 0.5) is 0 Å². The van der Waals surface area contributed by atoms with Crippen molar-refractivity contribution in [3.63, 3.8) is 0 Å². The van der Waals surface area contributed by atoms with Gasteiger partial charge in [-0.05, 0) is 12.8 Å². The standard InChI is InChI=1S/C6H12O7S2/c7-14(8)12-5-3-1-2-4-6-13-15(9,10)11/h1-2H,3-6H2,(H,7,8)(H,9,10,11)/b2-1+. The van der Waals surface area contributed by atoms with E-state index in [0.717, 1.165) is 0 Å². The highest BCUT2D eigenvalue weighted by Gasteiger charge is 2.01. The van der Waals surface area contributed by atoms with Crippen LogP contribution in [0.1, 0.15) is 12.8 Å². The van der Waals surface area contributed by atoms with Crippen LogP contribution in [-0.2, 0) is 30.1 Å². The summed E-state index contributed by atoms with van der Waals surface area (Å²) in [5.41, 5.74) is 0. The third-order valence-corrected chi connectivity index (χ3v) is 1.98. The quantitative estimate of drug-likeness (QED) is 0.279. The molecule has 0 aliphatic heterocycles. The molecule has 0 saturated heterocycles. The Morgan fingerprint density at radius 2 is 1.73 bits per heavy atom. The van der Waals surface area contributed by atoms with E-state index in [-0.39, 0.29) is 13.2 Å². The van der Waals surface area contributed by atoms with Gasteiger partial charge < -0.3 is 0 Å². The summed E-state index contributed by atoms with van der Waals surface area (Å²) in [5, 5.41) is 0. The zero-order valence-electron chi connectivity index (χ0n) is 7.74. The number of hydrogen-bond acceptors (Lipinski definition) is 5. The van der Waals surface area contributed by atoms with Crippen LogP contribution in [0, 0.1) is 0 Å². The lowest BCUT2D eigenvalue weighted by Crippen LogP contribution is -2.03. The lowest BCUT2D eigenvalue weighted by atomic mass is 10.3. The van der Waals surface area contributed by atoms with E-state index < -0.39 is 21.8 Å². The predicted octanol–water partition coefficient (Wildman–Crippen LogP) is 0.296. The first kappa shape index (κ1) is 14.7. The molecule has 0 aromatic carbocycles. The van der Waals surface area contributed by atoms with E-state index in [0.29, 0.717) is 12.8 Å². The molecular weight excluding hydrogens is 248 g/mol. The maximum absolute atomic E-state index is 10.1. The second kappa shape index (κ2) is 7.91. The van der Waals surface area contributed by atoms with Gasteiger partial charge in [0.1, 0.15) is 0 Å². The van der Waals surface area contributed by atoms with Crippen molar-refractivity contribution in [2.45, 2.75) is 12.8 Å². The molecule has 0 aliphatic carbocycles. The monoisotopic (exact) mass is 260 g/mol. The summed E-state index contributed by atoms with van der Waals surface area (Å²) in [4.78, 5) is 0. The maximum Gasteiger partial charge on any atom is 0.397 e. The van der Waals surface area contributed by atoms with Gasteiger partial charge in [-0.3, -0.25) is 13.3 Å². The van der Waals surface area contributed by atoms with Gasteiger partial charge in [-0.2, -0.15) is 12.6 Å². The van der Waals surface area contributed by atoms with Crippen LogP contribution in [0.5, 0.6) is 0 Å². The average molecular weight is 260 g/mol. The summed E-state index contributed by atoms with van der Waals surface area (Å²) in [5.74, 6) is 0. The summed E-state index contributed by atoms with van der Waals surface area (Å²) >= 11 is -2.26. The van der Waals surface area contributed by atoms with E-state index in [1.54, 1.807) is 12.2 Å². The minimum absolute atomic E-state index is 0.0960. The molecule has 0 spiro atoms. The van der Waals surface area contributed by atoms with Gasteiger partial charge in [-0.25, -0.2) is 4.18 Å². The molecule has 1 unspecified atom stereocenters. The van der Waals surface area contributed by atoms with Crippen molar-refractivity contribution >= 4 is 21.8 Å². The highest BCUT2D eigenvalue weighted by Crippen LogP contribution is 1.93. The van der Waals surface area contributed by atoms with Crippen LogP contribution in [0.2, 0.25) is 0 Å². The third kappa shape index (κ3) is 13.7. The Kier molecular flexibility index (Phi) is 7.74. The van der Waals surface area contributed by atoms with Gasteiger partial charge in [0.2, 0.25) is 0 Å². The van der Waals surface area contributed by atoms with Crippen LogP contribution >= 0.6 is 0 Å². The highest BCUT2D eigenvalue weighted by atomic mass is 32.3. The molecule has 7 nitrogen and oxygen atoms in total. The van der Waals surface area contributed by atoms with E-state index in [2.05, 4.69) is 8.37 Å². The second-order valence-corrected chi connectivity index (χ2v) is 4.10. The third-order valence-electron chi connectivity index (χ3n) is 1.15. The molecule has 1 atom stereocenters. The van der Waals surface area contributed by atoms with E-state index >= 15 is 0 Å². The van der Waals surface area contributed by atoms with E-state index in [1.807, 2.05) is 0 Å². The molecule has 0 fully saturated rings. The van der Waals surface area contributed by atoms with Crippen LogP contribution < -0.4 is 0 Å². The van der Waals surface area contributed by atoms with Gasteiger partial charge >= 0.3 is 21.8 Å². The molecule has 9 heteroatoms. The predicted molar refractivity (Wildman–Crippen MR) is 52.6 cm³/mol.